The standard InChI is InChI=1S/C9H8F3N3O4/c1-14(4-9(10,11)12)7-6(15(18)19)2-5(3-13-7)8(16)17/h2-3H,4H2,1H3,(H,16,17). The average molecular weight is 279 g/mol. The molecule has 0 aliphatic heterocycles. The molecule has 0 radical (unpaired) electrons. The van der Waals surface area contributed by atoms with Crippen molar-refractivity contribution in [3.8, 4) is 0 Å². The van der Waals surface area contributed by atoms with E-state index in [4.69, 9.17) is 5.11 Å². The highest BCUT2D eigenvalue weighted by atomic mass is 19.4. The number of hydrogen-bond donors (Lipinski definition) is 1. The van der Waals surface area contributed by atoms with E-state index in [-0.39, 0.29) is 0 Å². The lowest BCUT2D eigenvalue weighted by molar-refractivity contribution is -0.384. The summed E-state index contributed by atoms with van der Waals surface area (Å²) in [6.45, 7) is -1.44. The van der Waals surface area contributed by atoms with Gasteiger partial charge in [0.2, 0.25) is 5.82 Å². The minimum atomic E-state index is -4.56. The third-order valence-corrected chi connectivity index (χ3v) is 2.07. The van der Waals surface area contributed by atoms with E-state index in [1.165, 1.54) is 0 Å². The molecule has 0 saturated carbocycles. The van der Waals surface area contributed by atoms with E-state index in [0.717, 1.165) is 13.2 Å². The van der Waals surface area contributed by atoms with Crippen LogP contribution in [-0.4, -0.2) is 40.8 Å². The Kier molecular flexibility index (Phi) is 3.92. The number of aromatic carboxylic acids is 1. The Morgan fingerprint density at radius 2 is 2.16 bits per heavy atom. The average Bonchev–Trinajstić information content (AvgIpc) is 2.25. The Morgan fingerprint density at radius 1 is 1.58 bits per heavy atom. The lowest BCUT2D eigenvalue weighted by Gasteiger charge is -2.19. The lowest BCUT2D eigenvalue weighted by Crippen LogP contribution is -2.32. The molecule has 7 nitrogen and oxygen atoms in total. The van der Waals surface area contributed by atoms with Gasteiger partial charge in [-0.05, 0) is 0 Å². The number of halogens is 3. The number of aromatic nitrogens is 1. The summed E-state index contributed by atoms with van der Waals surface area (Å²) in [6.07, 6.45) is -3.80. The third-order valence-electron chi connectivity index (χ3n) is 2.07. The number of carbonyl (C=O) groups is 1. The predicted molar refractivity (Wildman–Crippen MR) is 57.2 cm³/mol. The zero-order valence-electron chi connectivity index (χ0n) is 9.51. The van der Waals surface area contributed by atoms with Crippen LogP contribution in [0.25, 0.3) is 0 Å². The van der Waals surface area contributed by atoms with E-state index in [9.17, 15) is 28.1 Å². The molecule has 0 fully saturated rings. The van der Waals surface area contributed by atoms with Crippen LogP contribution in [0, 0.1) is 10.1 Å². The number of nitrogens with zero attached hydrogens (tertiary/aromatic N) is 3. The molecular formula is C9H8F3N3O4. The zero-order chi connectivity index (χ0) is 14.8. The molecule has 0 atom stereocenters. The van der Waals surface area contributed by atoms with Crippen molar-refractivity contribution in [1.29, 1.82) is 0 Å². The summed E-state index contributed by atoms with van der Waals surface area (Å²) < 4.78 is 36.6. The Labute approximate surface area is 104 Å². The molecule has 0 bridgehead atoms. The maximum atomic E-state index is 12.2. The van der Waals surface area contributed by atoms with Gasteiger partial charge in [-0.1, -0.05) is 0 Å². The van der Waals surface area contributed by atoms with Gasteiger partial charge >= 0.3 is 17.8 Å². The van der Waals surface area contributed by atoms with Gasteiger partial charge < -0.3 is 10.0 Å². The van der Waals surface area contributed by atoms with E-state index in [0.29, 0.717) is 11.0 Å². The van der Waals surface area contributed by atoms with Gasteiger partial charge in [-0.25, -0.2) is 9.78 Å². The summed E-state index contributed by atoms with van der Waals surface area (Å²) in [6, 6.07) is 0.664. The number of alkyl halides is 3. The molecule has 0 unspecified atom stereocenters. The molecule has 0 spiro atoms. The van der Waals surface area contributed by atoms with E-state index in [1.807, 2.05) is 0 Å². The summed E-state index contributed by atoms with van der Waals surface area (Å²) in [4.78, 5) is 24.3. The topological polar surface area (TPSA) is 96.6 Å². The van der Waals surface area contributed by atoms with Crippen LogP contribution in [-0.2, 0) is 0 Å². The van der Waals surface area contributed by atoms with Crippen molar-refractivity contribution in [3.63, 3.8) is 0 Å². The highest BCUT2D eigenvalue weighted by molar-refractivity contribution is 5.88. The molecule has 0 aromatic carbocycles. The maximum Gasteiger partial charge on any atom is 0.405 e. The minimum absolute atomic E-state index is 0.476. The first-order valence-electron chi connectivity index (χ1n) is 4.77. The smallest absolute Gasteiger partial charge is 0.405 e. The largest absolute Gasteiger partial charge is 0.478 e. The molecule has 0 aliphatic rings. The minimum Gasteiger partial charge on any atom is -0.478 e. The van der Waals surface area contributed by atoms with Crippen molar-refractivity contribution < 1.29 is 28.0 Å². The number of rotatable bonds is 4. The van der Waals surface area contributed by atoms with E-state index in [1.54, 1.807) is 0 Å². The Hall–Kier alpha value is -2.39. The van der Waals surface area contributed by atoms with Gasteiger partial charge in [0.1, 0.15) is 6.54 Å². The van der Waals surface area contributed by atoms with Crippen molar-refractivity contribution in [3.05, 3.63) is 27.9 Å². The van der Waals surface area contributed by atoms with Crippen LogP contribution in [0.15, 0.2) is 12.3 Å². The van der Waals surface area contributed by atoms with Gasteiger partial charge in [-0.3, -0.25) is 10.1 Å². The van der Waals surface area contributed by atoms with Crippen molar-refractivity contribution in [2.45, 2.75) is 6.18 Å². The van der Waals surface area contributed by atoms with Gasteiger partial charge in [-0.2, -0.15) is 13.2 Å². The second-order valence-corrected chi connectivity index (χ2v) is 3.60. The second-order valence-electron chi connectivity index (χ2n) is 3.60. The summed E-state index contributed by atoms with van der Waals surface area (Å²) >= 11 is 0. The fraction of sp³-hybridized carbons (Fsp3) is 0.333. The van der Waals surface area contributed by atoms with Crippen LogP contribution in [0.5, 0.6) is 0 Å². The fourth-order valence-electron chi connectivity index (χ4n) is 1.34. The van der Waals surface area contributed by atoms with E-state index in [2.05, 4.69) is 4.98 Å². The van der Waals surface area contributed by atoms with Crippen molar-refractivity contribution in [2.24, 2.45) is 0 Å². The van der Waals surface area contributed by atoms with Crippen LogP contribution in [0.3, 0.4) is 0 Å². The SMILES string of the molecule is CN(CC(F)(F)F)c1ncc(C(=O)O)cc1[N+](=O)[O-]. The number of pyridine rings is 1. The Bertz CT molecular complexity index is 518. The Balaban J connectivity index is 3.20. The van der Waals surface area contributed by atoms with Gasteiger partial charge in [0.15, 0.2) is 0 Å². The summed E-state index contributed by atoms with van der Waals surface area (Å²) in [5.74, 6) is -2.01. The molecule has 1 aromatic rings. The summed E-state index contributed by atoms with van der Waals surface area (Å²) in [5.41, 5.74) is -1.28. The monoisotopic (exact) mass is 279 g/mol. The van der Waals surface area contributed by atoms with Gasteiger partial charge in [-0.15, -0.1) is 0 Å². The molecular weight excluding hydrogens is 271 g/mol. The van der Waals surface area contributed by atoms with E-state index >= 15 is 0 Å². The number of hydrogen-bond acceptors (Lipinski definition) is 5. The van der Waals surface area contributed by atoms with Gasteiger partial charge in [0.05, 0.1) is 10.5 Å². The third kappa shape index (κ3) is 3.79. The Morgan fingerprint density at radius 3 is 2.58 bits per heavy atom. The highest BCUT2D eigenvalue weighted by Gasteiger charge is 2.32. The quantitative estimate of drug-likeness (QED) is 0.665. The van der Waals surface area contributed by atoms with Crippen LogP contribution >= 0.6 is 0 Å². The molecule has 10 heteroatoms. The first kappa shape index (κ1) is 14.7. The second kappa shape index (κ2) is 5.08. The van der Waals surface area contributed by atoms with Gasteiger partial charge in [0.25, 0.3) is 0 Å². The first-order chi connectivity index (χ1) is 8.61. The van der Waals surface area contributed by atoms with Gasteiger partial charge in [0, 0.05) is 19.3 Å². The van der Waals surface area contributed by atoms with Crippen molar-refractivity contribution in [1.82, 2.24) is 4.98 Å². The molecule has 1 N–H and O–H groups in total. The molecule has 0 saturated heterocycles. The number of carboxylic acid groups (broad SMARTS) is 1. The molecule has 0 aliphatic carbocycles. The maximum absolute atomic E-state index is 12.2. The molecule has 19 heavy (non-hydrogen) atoms. The number of nitro groups is 1. The number of carboxylic acids is 1. The summed E-state index contributed by atoms with van der Waals surface area (Å²) in [5, 5.41) is 19.4. The highest BCUT2D eigenvalue weighted by Crippen LogP contribution is 2.28. The number of anilines is 1. The van der Waals surface area contributed by atoms with Crippen molar-refractivity contribution in [2.75, 3.05) is 18.5 Å². The first-order valence-corrected chi connectivity index (χ1v) is 4.77. The zero-order valence-corrected chi connectivity index (χ0v) is 9.51. The van der Waals surface area contributed by atoms with Crippen LogP contribution < -0.4 is 4.90 Å². The van der Waals surface area contributed by atoms with Crippen molar-refractivity contribution >= 4 is 17.5 Å². The van der Waals surface area contributed by atoms with E-state index < -0.39 is 40.7 Å². The predicted octanol–water partition coefficient (Wildman–Crippen LogP) is 1.69. The van der Waals surface area contributed by atoms with Crippen LogP contribution in [0.1, 0.15) is 10.4 Å². The normalized spacial score (nSPS) is 11.2. The van der Waals surface area contributed by atoms with Crippen LogP contribution in [0.4, 0.5) is 24.7 Å². The molecule has 104 valence electrons. The molecule has 1 rings (SSSR count). The molecule has 0 amide bonds. The molecule has 1 aromatic heterocycles. The fourth-order valence-corrected chi connectivity index (χ4v) is 1.34. The lowest BCUT2D eigenvalue weighted by atomic mass is 10.2. The molecule has 1 heterocycles. The summed E-state index contributed by atoms with van der Waals surface area (Å²) in [7, 11) is 0.975. The van der Waals surface area contributed by atoms with Crippen LogP contribution in [0.2, 0.25) is 0 Å².